The lowest BCUT2D eigenvalue weighted by atomic mass is 10.2. The van der Waals surface area contributed by atoms with E-state index in [-0.39, 0.29) is 12.2 Å². The van der Waals surface area contributed by atoms with Crippen LogP contribution in [-0.4, -0.2) is 24.3 Å². The van der Waals surface area contributed by atoms with Crippen LogP contribution in [-0.2, 0) is 0 Å². The standard InChI is InChI=1S/C12H20N2.C12H18O2.4C2H6/c1-9(2)13-11-6-5-7-12(8-11)14-10(3)4;1-9(2)13-11-5-7-12(8-6-11)14-10(3)4;4*1-2/h5-10,13-14H,1-4H3;5-10H,1-4H3;4*1-2H3. The van der Waals surface area contributed by atoms with E-state index < -0.39 is 0 Å². The summed E-state index contributed by atoms with van der Waals surface area (Å²) in [7, 11) is 0. The Labute approximate surface area is 226 Å². The predicted molar refractivity (Wildman–Crippen MR) is 167 cm³/mol. The van der Waals surface area contributed by atoms with E-state index in [9.17, 15) is 0 Å². The highest BCUT2D eigenvalue weighted by Crippen LogP contribution is 2.19. The molecule has 0 saturated heterocycles. The zero-order chi connectivity index (χ0) is 29.1. The first-order chi connectivity index (χ1) is 17.2. The van der Waals surface area contributed by atoms with E-state index in [0.717, 1.165) is 11.5 Å². The number of hydrogen-bond acceptors (Lipinski definition) is 4. The van der Waals surface area contributed by atoms with Gasteiger partial charge in [-0.25, -0.2) is 0 Å². The Bertz CT molecular complexity index is 612. The highest BCUT2D eigenvalue weighted by molar-refractivity contribution is 5.57. The second kappa shape index (κ2) is 28.9. The van der Waals surface area contributed by atoms with Gasteiger partial charge in [0.05, 0.1) is 12.2 Å². The molecule has 4 heteroatoms. The minimum absolute atomic E-state index is 0.215. The summed E-state index contributed by atoms with van der Waals surface area (Å²) in [5, 5.41) is 6.76. The average molecular weight is 507 g/mol. The van der Waals surface area contributed by atoms with Gasteiger partial charge in [0.1, 0.15) is 11.5 Å². The van der Waals surface area contributed by atoms with Gasteiger partial charge in [-0.2, -0.15) is 0 Å². The van der Waals surface area contributed by atoms with Crippen molar-refractivity contribution in [3.63, 3.8) is 0 Å². The zero-order valence-corrected chi connectivity index (χ0v) is 26.7. The van der Waals surface area contributed by atoms with Crippen LogP contribution >= 0.6 is 0 Å². The third-order valence-corrected chi connectivity index (χ3v) is 3.34. The largest absolute Gasteiger partial charge is 0.491 e. The SMILES string of the molecule is CC.CC.CC.CC.CC(C)Nc1cccc(NC(C)C)c1.CC(C)Oc1ccc(OC(C)C)cc1. The predicted octanol–water partition coefficient (Wildman–Crippen LogP) is 10.7. The fourth-order valence-electron chi connectivity index (χ4n) is 2.51. The van der Waals surface area contributed by atoms with Gasteiger partial charge >= 0.3 is 0 Å². The van der Waals surface area contributed by atoms with Crippen molar-refractivity contribution in [2.24, 2.45) is 0 Å². The van der Waals surface area contributed by atoms with Gasteiger partial charge < -0.3 is 20.1 Å². The minimum atomic E-state index is 0.215. The molecule has 0 atom stereocenters. The van der Waals surface area contributed by atoms with Crippen LogP contribution in [0, 0.1) is 0 Å². The average Bonchev–Trinajstić information content (AvgIpc) is 2.85. The first-order valence-corrected chi connectivity index (χ1v) is 14.2. The molecule has 36 heavy (non-hydrogen) atoms. The van der Waals surface area contributed by atoms with Crippen LogP contribution in [0.1, 0.15) is 111 Å². The molecule has 0 heterocycles. The molecule has 0 radical (unpaired) electrons. The summed E-state index contributed by atoms with van der Waals surface area (Å²) in [6.45, 7) is 32.6. The van der Waals surface area contributed by atoms with E-state index in [1.54, 1.807) is 0 Å². The van der Waals surface area contributed by atoms with E-state index in [0.29, 0.717) is 12.1 Å². The molecule has 0 unspecified atom stereocenters. The third-order valence-electron chi connectivity index (χ3n) is 3.34. The second-order valence-corrected chi connectivity index (χ2v) is 7.98. The van der Waals surface area contributed by atoms with Crippen LogP contribution in [0.15, 0.2) is 48.5 Å². The zero-order valence-electron chi connectivity index (χ0n) is 26.7. The van der Waals surface area contributed by atoms with Crippen molar-refractivity contribution in [1.29, 1.82) is 0 Å². The van der Waals surface area contributed by atoms with Crippen molar-refractivity contribution in [1.82, 2.24) is 0 Å². The Morgan fingerprint density at radius 1 is 0.472 bits per heavy atom. The van der Waals surface area contributed by atoms with E-state index in [1.807, 2.05) is 107 Å². The smallest absolute Gasteiger partial charge is 0.119 e. The van der Waals surface area contributed by atoms with Gasteiger partial charge in [-0.1, -0.05) is 61.5 Å². The molecular weight excluding hydrogens is 444 g/mol. The van der Waals surface area contributed by atoms with Gasteiger partial charge in [-0.3, -0.25) is 0 Å². The summed E-state index contributed by atoms with van der Waals surface area (Å²) >= 11 is 0. The van der Waals surface area contributed by atoms with Crippen LogP contribution in [0.5, 0.6) is 11.5 Å². The maximum absolute atomic E-state index is 5.52. The first-order valence-electron chi connectivity index (χ1n) is 14.2. The first kappa shape index (κ1) is 40.8. The van der Waals surface area contributed by atoms with Crippen molar-refractivity contribution >= 4 is 11.4 Å². The molecule has 4 nitrogen and oxygen atoms in total. The molecule has 0 fully saturated rings. The maximum Gasteiger partial charge on any atom is 0.119 e. The van der Waals surface area contributed by atoms with E-state index in [2.05, 4.69) is 62.6 Å². The fraction of sp³-hybridized carbons (Fsp3) is 0.625. The lowest BCUT2D eigenvalue weighted by Gasteiger charge is -2.13. The summed E-state index contributed by atoms with van der Waals surface area (Å²) < 4.78 is 11.0. The third kappa shape index (κ3) is 26.2. The molecule has 2 aromatic carbocycles. The molecule has 0 aromatic heterocycles. The van der Waals surface area contributed by atoms with Crippen molar-refractivity contribution in [3.8, 4) is 11.5 Å². The Morgan fingerprint density at radius 3 is 0.972 bits per heavy atom. The number of ether oxygens (including phenoxy) is 2. The van der Waals surface area contributed by atoms with E-state index in [4.69, 9.17) is 9.47 Å². The quantitative estimate of drug-likeness (QED) is 0.373. The lowest BCUT2D eigenvalue weighted by Crippen LogP contribution is -2.12. The Morgan fingerprint density at radius 2 is 0.750 bits per heavy atom. The summed E-state index contributed by atoms with van der Waals surface area (Å²) in [5.41, 5.74) is 2.34. The monoisotopic (exact) mass is 506 g/mol. The van der Waals surface area contributed by atoms with Crippen molar-refractivity contribution in [2.75, 3.05) is 10.6 Å². The number of nitrogens with one attached hydrogen (secondary N) is 2. The maximum atomic E-state index is 5.52. The molecule has 2 rings (SSSR count). The summed E-state index contributed by atoms with van der Waals surface area (Å²) in [4.78, 5) is 0. The second-order valence-electron chi connectivity index (χ2n) is 7.98. The Hall–Kier alpha value is -2.36. The fourth-order valence-corrected chi connectivity index (χ4v) is 2.51. The molecule has 0 bridgehead atoms. The lowest BCUT2D eigenvalue weighted by molar-refractivity contribution is 0.235. The Balaban J connectivity index is -0.000000222. The van der Waals surface area contributed by atoms with Crippen molar-refractivity contribution in [2.45, 2.75) is 135 Å². The molecule has 0 aliphatic rings. The molecule has 2 aromatic rings. The topological polar surface area (TPSA) is 42.5 Å². The molecular formula is C32H62N2O2. The van der Waals surface area contributed by atoms with Crippen LogP contribution in [0.4, 0.5) is 11.4 Å². The molecule has 2 N–H and O–H groups in total. The van der Waals surface area contributed by atoms with Gasteiger partial charge in [0.15, 0.2) is 0 Å². The number of rotatable bonds is 8. The van der Waals surface area contributed by atoms with Crippen LogP contribution in [0.25, 0.3) is 0 Å². The highest BCUT2D eigenvalue weighted by atomic mass is 16.5. The summed E-state index contributed by atoms with van der Waals surface area (Å²) in [5.74, 6) is 1.77. The van der Waals surface area contributed by atoms with Gasteiger partial charge in [-0.05, 0) is 97.9 Å². The Kier molecular flexibility index (Phi) is 32.7. The molecule has 0 aliphatic heterocycles. The van der Waals surface area contributed by atoms with Crippen molar-refractivity contribution < 1.29 is 9.47 Å². The van der Waals surface area contributed by atoms with E-state index >= 15 is 0 Å². The van der Waals surface area contributed by atoms with Gasteiger partial charge in [0.2, 0.25) is 0 Å². The molecule has 0 aliphatic carbocycles. The molecule has 0 amide bonds. The molecule has 212 valence electrons. The normalized spacial score (nSPS) is 9.00. The van der Waals surface area contributed by atoms with Crippen LogP contribution < -0.4 is 20.1 Å². The number of hydrogen-bond donors (Lipinski definition) is 2. The van der Waals surface area contributed by atoms with Crippen LogP contribution in [0.3, 0.4) is 0 Å². The summed E-state index contributed by atoms with van der Waals surface area (Å²) in [6.07, 6.45) is 0.429. The minimum Gasteiger partial charge on any atom is -0.491 e. The number of benzene rings is 2. The molecule has 0 spiro atoms. The number of anilines is 2. The van der Waals surface area contributed by atoms with Gasteiger partial charge in [0.25, 0.3) is 0 Å². The van der Waals surface area contributed by atoms with Crippen LogP contribution in [0.2, 0.25) is 0 Å². The molecule has 0 saturated carbocycles. The van der Waals surface area contributed by atoms with Gasteiger partial charge in [-0.15, -0.1) is 0 Å². The highest BCUT2D eigenvalue weighted by Gasteiger charge is 2.00. The van der Waals surface area contributed by atoms with Gasteiger partial charge in [0, 0.05) is 23.5 Å². The summed E-state index contributed by atoms with van der Waals surface area (Å²) in [6, 6.07) is 17.0. The van der Waals surface area contributed by atoms with Crippen molar-refractivity contribution in [3.05, 3.63) is 48.5 Å². The van der Waals surface area contributed by atoms with E-state index in [1.165, 1.54) is 11.4 Å².